The molecule has 0 rings (SSSR count). The molecule has 0 N–H and O–H groups in total. The van der Waals surface area contributed by atoms with Crippen LogP contribution in [0.25, 0.3) is 0 Å². The summed E-state index contributed by atoms with van der Waals surface area (Å²) < 4.78 is 11.1. The van der Waals surface area contributed by atoms with E-state index in [2.05, 4.69) is 41.5 Å². The summed E-state index contributed by atoms with van der Waals surface area (Å²) in [5.41, 5.74) is 1.49. The number of carbonyl (C=O) groups excluding carboxylic acids is 2. The normalized spacial score (nSPS) is 12.3. The summed E-state index contributed by atoms with van der Waals surface area (Å²) in [5.74, 6) is -0.546. The van der Waals surface area contributed by atoms with E-state index in [-0.39, 0.29) is 12.2 Å². The first-order valence-electron chi connectivity index (χ1n) is 7.99. The number of carbonyl (C=O) groups is 2. The van der Waals surface area contributed by atoms with Crippen molar-refractivity contribution >= 4 is 20.1 Å². The Bertz CT molecular complexity index is 315. The number of hydrogen-bond acceptors (Lipinski definition) is 4. The van der Waals surface area contributed by atoms with E-state index in [0.717, 1.165) is 0 Å². The third-order valence-corrected chi connectivity index (χ3v) is 10.2. The highest BCUT2D eigenvalue weighted by Crippen LogP contribution is 2.42. The summed E-state index contributed by atoms with van der Waals surface area (Å²) in [7, 11) is -1.92. The highest BCUT2D eigenvalue weighted by atomic mass is 28.4. The highest BCUT2D eigenvalue weighted by molar-refractivity contribution is 6.77. The maximum absolute atomic E-state index is 11.8. The fourth-order valence-corrected chi connectivity index (χ4v) is 8.76. The predicted octanol–water partition coefficient (Wildman–Crippen LogP) is 4.09. The van der Waals surface area contributed by atoms with Crippen LogP contribution in [0.3, 0.4) is 0 Å². The van der Waals surface area contributed by atoms with Crippen molar-refractivity contribution in [3.05, 3.63) is 0 Å². The third-order valence-electron chi connectivity index (χ3n) is 4.09. The lowest BCUT2D eigenvalue weighted by atomic mass is 10.2. The summed E-state index contributed by atoms with van der Waals surface area (Å²) in [5, 5.41) is 0. The van der Waals surface area contributed by atoms with E-state index in [4.69, 9.17) is 9.16 Å². The number of ether oxygens (including phenoxy) is 1. The molecule has 0 atom stereocenters. The minimum atomic E-state index is -1.92. The SMILES string of the molecule is CCOC(=O)CC(=O)CCO[Si](C(C)C)(C(C)C)C(C)C. The molecule has 0 heterocycles. The van der Waals surface area contributed by atoms with Gasteiger partial charge >= 0.3 is 5.97 Å². The minimum Gasteiger partial charge on any atom is -0.466 e. The zero-order valence-corrected chi connectivity index (χ0v) is 15.7. The zero-order valence-electron chi connectivity index (χ0n) is 14.7. The van der Waals surface area contributed by atoms with Gasteiger partial charge in [0, 0.05) is 13.0 Å². The maximum atomic E-state index is 11.8. The molecule has 0 aliphatic carbocycles. The van der Waals surface area contributed by atoms with Crippen molar-refractivity contribution in [2.45, 2.75) is 77.9 Å². The van der Waals surface area contributed by atoms with E-state index in [1.54, 1.807) is 6.92 Å². The number of esters is 1. The summed E-state index contributed by atoms with van der Waals surface area (Å²) in [6.07, 6.45) is 0.149. The van der Waals surface area contributed by atoms with Gasteiger partial charge in [-0.1, -0.05) is 41.5 Å². The molecule has 21 heavy (non-hydrogen) atoms. The first-order chi connectivity index (χ1) is 9.68. The van der Waals surface area contributed by atoms with E-state index in [1.807, 2.05) is 0 Å². The van der Waals surface area contributed by atoms with Crippen LogP contribution in [0.4, 0.5) is 0 Å². The van der Waals surface area contributed by atoms with Crippen molar-refractivity contribution in [2.24, 2.45) is 0 Å². The van der Waals surface area contributed by atoms with Gasteiger partial charge in [0.1, 0.15) is 12.2 Å². The lowest BCUT2D eigenvalue weighted by Crippen LogP contribution is -2.48. The molecule has 0 fully saturated rings. The molecule has 0 amide bonds. The molecule has 0 radical (unpaired) electrons. The van der Waals surface area contributed by atoms with Crippen molar-refractivity contribution in [1.29, 1.82) is 0 Å². The Morgan fingerprint density at radius 1 is 0.952 bits per heavy atom. The average molecular weight is 317 g/mol. The van der Waals surface area contributed by atoms with Gasteiger partial charge in [-0.25, -0.2) is 0 Å². The van der Waals surface area contributed by atoms with Gasteiger partial charge in [0.25, 0.3) is 0 Å². The molecule has 0 aromatic heterocycles. The number of rotatable bonds is 10. The molecule has 0 saturated carbocycles. The van der Waals surface area contributed by atoms with Crippen LogP contribution in [0.15, 0.2) is 0 Å². The predicted molar refractivity (Wildman–Crippen MR) is 87.9 cm³/mol. The number of Topliss-reactive ketones (excluding diaryl/α,β-unsaturated/α-hetero) is 1. The van der Waals surface area contributed by atoms with Crippen LogP contribution in [0, 0.1) is 0 Å². The van der Waals surface area contributed by atoms with Crippen LogP contribution in [-0.4, -0.2) is 33.3 Å². The molecular weight excluding hydrogens is 284 g/mol. The van der Waals surface area contributed by atoms with Gasteiger partial charge in [-0.2, -0.15) is 0 Å². The van der Waals surface area contributed by atoms with Crippen LogP contribution < -0.4 is 0 Å². The second-order valence-corrected chi connectivity index (χ2v) is 11.9. The maximum Gasteiger partial charge on any atom is 0.313 e. The summed E-state index contributed by atoms with van der Waals surface area (Å²) in [4.78, 5) is 23.0. The van der Waals surface area contributed by atoms with Crippen LogP contribution in [0.5, 0.6) is 0 Å². The van der Waals surface area contributed by atoms with Crippen LogP contribution in [0.2, 0.25) is 16.6 Å². The lowest BCUT2D eigenvalue weighted by Gasteiger charge is -2.42. The highest BCUT2D eigenvalue weighted by Gasteiger charge is 2.44. The van der Waals surface area contributed by atoms with E-state index < -0.39 is 14.3 Å². The largest absolute Gasteiger partial charge is 0.466 e. The van der Waals surface area contributed by atoms with Crippen LogP contribution in [0.1, 0.15) is 61.3 Å². The van der Waals surface area contributed by atoms with Crippen LogP contribution in [-0.2, 0) is 18.8 Å². The number of ketones is 1. The monoisotopic (exact) mass is 316 g/mol. The third kappa shape index (κ3) is 5.91. The molecular formula is C16H32O4Si. The smallest absolute Gasteiger partial charge is 0.313 e. The molecule has 0 bridgehead atoms. The topological polar surface area (TPSA) is 52.6 Å². The fourth-order valence-electron chi connectivity index (χ4n) is 3.30. The first-order valence-corrected chi connectivity index (χ1v) is 10.1. The molecule has 0 aliphatic rings. The molecule has 5 heteroatoms. The Morgan fingerprint density at radius 2 is 1.43 bits per heavy atom. The Morgan fingerprint density at radius 3 is 1.81 bits per heavy atom. The molecule has 124 valence electrons. The van der Waals surface area contributed by atoms with Gasteiger partial charge in [-0.3, -0.25) is 9.59 Å². The molecule has 0 spiro atoms. The van der Waals surface area contributed by atoms with Gasteiger partial charge in [0.15, 0.2) is 8.32 Å². The Labute approximate surface area is 130 Å². The van der Waals surface area contributed by atoms with Crippen molar-refractivity contribution in [1.82, 2.24) is 0 Å². The van der Waals surface area contributed by atoms with E-state index in [9.17, 15) is 9.59 Å². The summed E-state index contributed by atoms with van der Waals surface area (Å²) >= 11 is 0. The zero-order chi connectivity index (χ0) is 16.6. The Hall–Kier alpha value is -0.683. The molecule has 0 saturated heterocycles. The van der Waals surface area contributed by atoms with Crippen molar-refractivity contribution in [3.8, 4) is 0 Å². The molecule has 0 aromatic rings. The summed E-state index contributed by atoms with van der Waals surface area (Å²) in [6.45, 7) is 15.8. The van der Waals surface area contributed by atoms with Crippen molar-refractivity contribution in [2.75, 3.05) is 13.2 Å². The molecule has 0 aliphatic heterocycles. The standard InChI is InChI=1S/C16H32O4Si/c1-8-19-16(18)11-15(17)9-10-20-21(12(2)3,13(4)5)14(6)7/h12-14H,8-11H2,1-7H3. The van der Waals surface area contributed by atoms with E-state index >= 15 is 0 Å². The molecule has 4 nitrogen and oxygen atoms in total. The fraction of sp³-hybridized carbons (Fsp3) is 0.875. The molecule has 0 unspecified atom stereocenters. The molecule has 0 aromatic carbocycles. The van der Waals surface area contributed by atoms with Gasteiger partial charge in [-0.05, 0) is 23.5 Å². The lowest BCUT2D eigenvalue weighted by molar-refractivity contribution is -0.145. The van der Waals surface area contributed by atoms with Crippen LogP contribution >= 0.6 is 0 Å². The van der Waals surface area contributed by atoms with Crippen molar-refractivity contribution in [3.63, 3.8) is 0 Å². The van der Waals surface area contributed by atoms with Gasteiger partial charge in [-0.15, -0.1) is 0 Å². The average Bonchev–Trinajstić information content (AvgIpc) is 2.33. The first kappa shape index (κ1) is 20.3. The van der Waals surface area contributed by atoms with Gasteiger partial charge in [0.05, 0.1) is 6.61 Å². The van der Waals surface area contributed by atoms with Gasteiger partial charge in [0.2, 0.25) is 0 Å². The van der Waals surface area contributed by atoms with Crippen molar-refractivity contribution < 1.29 is 18.8 Å². The minimum absolute atomic E-state index is 0.104. The quantitative estimate of drug-likeness (QED) is 0.346. The Balaban J connectivity index is 4.52. The van der Waals surface area contributed by atoms with E-state index in [0.29, 0.717) is 36.3 Å². The van der Waals surface area contributed by atoms with E-state index in [1.165, 1.54) is 0 Å². The number of hydrogen-bond donors (Lipinski definition) is 0. The second-order valence-electron chi connectivity index (χ2n) is 6.44. The summed E-state index contributed by atoms with van der Waals surface area (Å²) in [6, 6.07) is 0. The Kier molecular flexibility index (Phi) is 9.05. The second kappa shape index (κ2) is 9.36. The van der Waals surface area contributed by atoms with Gasteiger partial charge < -0.3 is 9.16 Å².